The van der Waals surface area contributed by atoms with Gasteiger partial charge in [-0.15, -0.1) is 0 Å². The smallest absolute Gasteiger partial charge is 0.171 e. The molecule has 1 aromatic carbocycles. The highest BCUT2D eigenvalue weighted by molar-refractivity contribution is 7.33. The van der Waals surface area contributed by atoms with E-state index in [1.807, 2.05) is 18.2 Å². The van der Waals surface area contributed by atoms with Gasteiger partial charge < -0.3 is 4.42 Å². The molecule has 0 N–H and O–H groups in total. The molecule has 1 atom stereocenters. The Hall–Kier alpha value is -1.40. The number of ketones is 1. The van der Waals surface area contributed by atoms with E-state index in [1.54, 1.807) is 0 Å². The molecule has 104 valence electrons. The molecular weight excluding hydrogens is 267 g/mol. The van der Waals surface area contributed by atoms with E-state index in [0.29, 0.717) is 6.42 Å². The molecule has 0 spiro atoms. The Morgan fingerprint density at radius 1 is 1.15 bits per heavy atom. The van der Waals surface area contributed by atoms with Gasteiger partial charge in [-0.25, -0.2) is 0 Å². The SMILES string of the molecule is CC(C)(C)c1oc2c(p1)C(=O)CC(c1ccccc1)C2. The second-order valence-corrected chi connectivity index (χ2v) is 7.56. The summed E-state index contributed by atoms with van der Waals surface area (Å²) in [6.07, 6.45) is 1.45. The lowest BCUT2D eigenvalue weighted by molar-refractivity contribution is 0.0963. The van der Waals surface area contributed by atoms with Crippen LogP contribution in [0.4, 0.5) is 0 Å². The number of hydrogen-bond donors (Lipinski definition) is 0. The molecule has 2 nitrogen and oxygen atoms in total. The minimum Gasteiger partial charge on any atom is -0.460 e. The van der Waals surface area contributed by atoms with Crippen LogP contribution < -0.4 is 0 Å². The van der Waals surface area contributed by atoms with Crippen molar-refractivity contribution in [3.05, 3.63) is 52.4 Å². The summed E-state index contributed by atoms with van der Waals surface area (Å²) >= 11 is 0. The lowest BCUT2D eigenvalue weighted by atomic mass is 9.85. The molecule has 0 amide bonds. The highest BCUT2D eigenvalue weighted by Gasteiger charge is 2.32. The molecule has 1 heterocycles. The average molecular weight is 286 g/mol. The van der Waals surface area contributed by atoms with Crippen molar-refractivity contribution in [2.45, 2.75) is 44.9 Å². The molecule has 0 saturated carbocycles. The van der Waals surface area contributed by atoms with E-state index >= 15 is 0 Å². The van der Waals surface area contributed by atoms with E-state index in [-0.39, 0.29) is 17.1 Å². The van der Waals surface area contributed by atoms with E-state index in [4.69, 9.17) is 4.42 Å². The normalized spacial score (nSPS) is 19.4. The molecule has 0 radical (unpaired) electrons. The van der Waals surface area contributed by atoms with E-state index in [0.717, 1.165) is 31.2 Å². The first kappa shape index (κ1) is 13.6. The summed E-state index contributed by atoms with van der Waals surface area (Å²) < 4.78 is 6.02. The topological polar surface area (TPSA) is 30.2 Å². The first-order chi connectivity index (χ1) is 9.45. The Bertz CT molecular complexity index is 635. The van der Waals surface area contributed by atoms with Crippen LogP contribution in [0.15, 0.2) is 34.7 Å². The first-order valence-corrected chi connectivity index (χ1v) is 7.93. The molecule has 2 aromatic rings. The summed E-state index contributed by atoms with van der Waals surface area (Å²) in [7, 11) is 0.982. The third-order valence-corrected chi connectivity index (χ3v) is 5.43. The number of carbonyl (C=O) groups is 1. The van der Waals surface area contributed by atoms with Crippen LogP contribution in [0.3, 0.4) is 0 Å². The van der Waals surface area contributed by atoms with Gasteiger partial charge in [0, 0.05) is 18.3 Å². The third kappa shape index (κ3) is 2.45. The number of rotatable bonds is 1. The summed E-state index contributed by atoms with van der Waals surface area (Å²) in [5.41, 5.74) is 2.22. The van der Waals surface area contributed by atoms with Crippen molar-refractivity contribution in [2.75, 3.05) is 0 Å². The molecule has 1 unspecified atom stereocenters. The Kier molecular flexibility index (Phi) is 3.30. The lowest BCUT2D eigenvalue weighted by Gasteiger charge is -2.20. The van der Waals surface area contributed by atoms with E-state index in [9.17, 15) is 4.79 Å². The predicted molar refractivity (Wildman–Crippen MR) is 81.8 cm³/mol. The van der Waals surface area contributed by atoms with Crippen LogP contribution >= 0.6 is 8.19 Å². The molecule has 3 rings (SSSR count). The molecule has 0 fully saturated rings. The van der Waals surface area contributed by atoms with Crippen LogP contribution in [0.1, 0.15) is 60.0 Å². The Morgan fingerprint density at radius 2 is 1.85 bits per heavy atom. The van der Waals surface area contributed by atoms with Crippen molar-refractivity contribution in [3.63, 3.8) is 0 Å². The zero-order chi connectivity index (χ0) is 14.3. The van der Waals surface area contributed by atoms with Gasteiger partial charge in [0.05, 0.1) is 5.30 Å². The first-order valence-electron chi connectivity index (χ1n) is 7.03. The Labute approximate surface area is 121 Å². The van der Waals surface area contributed by atoms with Crippen LogP contribution in [0.25, 0.3) is 0 Å². The van der Waals surface area contributed by atoms with Gasteiger partial charge >= 0.3 is 0 Å². The van der Waals surface area contributed by atoms with Crippen molar-refractivity contribution in [1.82, 2.24) is 0 Å². The van der Waals surface area contributed by atoms with E-state index in [2.05, 4.69) is 32.9 Å². The van der Waals surface area contributed by atoms with Crippen molar-refractivity contribution >= 4 is 14.0 Å². The van der Waals surface area contributed by atoms with Crippen LogP contribution in [-0.2, 0) is 11.8 Å². The molecule has 0 bridgehead atoms. The fourth-order valence-electron chi connectivity index (χ4n) is 2.61. The summed E-state index contributed by atoms with van der Waals surface area (Å²) in [5, 5.41) is 0.891. The van der Waals surface area contributed by atoms with Crippen molar-refractivity contribution < 1.29 is 9.21 Å². The highest BCUT2D eigenvalue weighted by atomic mass is 31.0. The van der Waals surface area contributed by atoms with Crippen molar-refractivity contribution in [2.24, 2.45) is 0 Å². The second kappa shape index (κ2) is 4.86. The number of benzene rings is 1. The number of carbonyl (C=O) groups excluding carboxylic acids is 1. The van der Waals surface area contributed by atoms with Gasteiger partial charge in [0.2, 0.25) is 0 Å². The minimum absolute atomic E-state index is 0.0125. The van der Waals surface area contributed by atoms with Gasteiger partial charge in [0.1, 0.15) is 11.3 Å². The molecule has 0 saturated heterocycles. The highest BCUT2D eigenvalue weighted by Crippen LogP contribution is 2.42. The zero-order valence-electron chi connectivity index (χ0n) is 12.1. The van der Waals surface area contributed by atoms with Gasteiger partial charge in [0.25, 0.3) is 0 Å². The molecule has 20 heavy (non-hydrogen) atoms. The summed E-state index contributed by atoms with van der Waals surface area (Å²) in [6, 6.07) is 10.3. The van der Waals surface area contributed by atoms with Crippen molar-refractivity contribution in [3.8, 4) is 0 Å². The fourth-order valence-corrected chi connectivity index (χ4v) is 3.78. The lowest BCUT2D eigenvalue weighted by Crippen LogP contribution is -2.16. The Balaban J connectivity index is 1.95. The molecular formula is C17H19O2P. The van der Waals surface area contributed by atoms with Gasteiger partial charge in [-0.3, -0.25) is 4.79 Å². The minimum atomic E-state index is -0.0125. The number of Topliss-reactive ketones (excluding diaryl/α,β-unsaturated/α-hetero) is 1. The standard InChI is InChI=1S/C17H19O2P/c1-17(2,3)16-19-14-10-12(9-13(18)15(14)20-16)11-7-5-4-6-8-11/h4-8,12H,9-10H2,1-3H3. The van der Waals surface area contributed by atoms with E-state index < -0.39 is 0 Å². The molecule has 1 aliphatic carbocycles. The molecule has 1 aliphatic rings. The predicted octanol–water partition coefficient (Wildman–Crippen LogP) is 5.07. The monoisotopic (exact) mass is 286 g/mol. The summed E-state index contributed by atoms with van der Waals surface area (Å²) in [6.45, 7) is 6.40. The van der Waals surface area contributed by atoms with Gasteiger partial charge in [-0.2, -0.15) is 0 Å². The molecule has 3 heteroatoms. The maximum absolute atomic E-state index is 12.4. The maximum Gasteiger partial charge on any atom is 0.171 e. The maximum atomic E-state index is 12.4. The molecule has 0 aliphatic heterocycles. The Morgan fingerprint density at radius 3 is 2.50 bits per heavy atom. The van der Waals surface area contributed by atoms with Gasteiger partial charge in [-0.05, 0) is 19.7 Å². The molecule has 1 aromatic heterocycles. The van der Waals surface area contributed by atoms with Crippen LogP contribution in [0.2, 0.25) is 0 Å². The largest absolute Gasteiger partial charge is 0.460 e. The quantitative estimate of drug-likeness (QED) is 0.732. The number of fused-ring (bicyclic) bond motifs is 1. The van der Waals surface area contributed by atoms with Crippen LogP contribution in [0.5, 0.6) is 0 Å². The average Bonchev–Trinajstić information content (AvgIpc) is 2.84. The fraction of sp³-hybridized carbons (Fsp3) is 0.412. The third-order valence-electron chi connectivity index (χ3n) is 3.74. The van der Waals surface area contributed by atoms with Gasteiger partial charge in [0.15, 0.2) is 5.78 Å². The summed E-state index contributed by atoms with van der Waals surface area (Å²) in [5.74, 6) is 1.42. The van der Waals surface area contributed by atoms with Crippen molar-refractivity contribution in [1.29, 1.82) is 0 Å². The van der Waals surface area contributed by atoms with E-state index in [1.165, 1.54) is 5.56 Å². The van der Waals surface area contributed by atoms with Gasteiger partial charge in [-0.1, -0.05) is 51.1 Å². The zero-order valence-corrected chi connectivity index (χ0v) is 13.0. The van der Waals surface area contributed by atoms with Crippen LogP contribution in [-0.4, -0.2) is 5.78 Å². The number of hydrogen-bond acceptors (Lipinski definition) is 2. The summed E-state index contributed by atoms with van der Waals surface area (Å²) in [4.78, 5) is 12.4. The second-order valence-electron chi connectivity index (χ2n) is 6.48. The van der Waals surface area contributed by atoms with Crippen LogP contribution in [0, 0.1) is 0 Å².